The molecule has 0 saturated heterocycles. The largest absolute Gasteiger partial charge is 0.303 e. The van der Waals surface area contributed by atoms with Gasteiger partial charge >= 0.3 is 0 Å². The molecule has 1 atom stereocenters. The van der Waals surface area contributed by atoms with Crippen molar-refractivity contribution in [3.05, 3.63) is 33.3 Å². The summed E-state index contributed by atoms with van der Waals surface area (Å²) in [5, 5.41) is 0. The number of aldehydes is 1. The fraction of sp³-hybridized carbons (Fsp3) is 0.364. The zero-order valence-electron chi connectivity index (χ0n) is 8.48. The van der Waals surface area contributed by atoms with E-state index in [1.165, 1.54) is 6.07 Å². The maximum Gasteiger partial charge on any atom is 0.143 e. The molecule has 0 heterocycles. The maximum atomic E-state index is 13.6. The van der Waals surface area contributed by atoms with Crippen LogP contribution < -0.4 is 0 Å². The second-order valence-electron chi connectivity index (χ2n) is 3.52. The molecule has 1 aromatic rings. The highest BCUT2D eigenvalue weighted by Gasteiger charge is 2.20. The molecule has 0 N–H and O–H groups in total. The summed E-state index contributed by atoms with van der Waals surface area (Å²) in [5.74, 6) is -1.63. The minimum absolute atomic E-state index is 0.0195. The van der Waals surface area contributed by atoms with Gasteiger partial charge < -0.3 is 4.79 Å². The lowest BCUT2D eigenvalue weighted by atomic mass is 9.95. The molecule has 1 aromatic carbocycles. The zero-order valence-corrected chi connectivity index (χ0v) is 10.1. The van der Waals surface area contributed by atoms with Gasteiger partial charge in [-0.15, -0.1) is 0 Å². The average molecular weight is 277 g/mol. The molecule has 0 radical (unpaired) electrons. The first kappa shape index (κ1) is 12.3. The number of aryl methyl sites for hydroxylation is 1. The predicted octanol–water partition coefficient (Wildman–Crippen LogP) is 3.73. The normalized spacial score (nSPS) is 12.6. The van der Waals surface area contributed by atoms with Crippen LogP contribution in [0.1, 0.15) is 30.4 Å². The molecule has 0 fully saturated rings. The fourth-order valence-corrected chi connectivity index (χ4v) is 2.01. The first-order valence-electron chi connectivity index (χ1n) is 4.56. The molecule has 1 rings (SSSR count). The van der Waals surface area contributed by atoms with Gasteiger partial charge in [-0.05, 0) is 40.4 Å². The third-order valence-electron chi connectivity index (χ3n) is 2.31. The van der Waals surface area contributed by atoms with Crippen LogP contribution in [-0.2, 0) is 4.79 Å². The van der Waals surface area contributed by atoms with Crippen LogP contribution in [0, 0.1) is 18.6 Å². The van der Waals surface area contributed by atoms with Gasteiger partial charge in [0, 0.05) is 12.0 Å². The third-order valence-corrected chi connectivity index (χ3v) is 2.89. The van der Waals surface area contributed by atoms with Gasteiger partial charge in [-0.3, -0.25) is 0 Å². The second kappa shape index (κ2) is 4.84. The summed E-state index contributed by atoms with van der Waals surface area (Å²) in [5.41, 5.74) is 0.352. The van der Waals surface area contributed by atoms with Crippen molar-refractivity contribution in [1.82, 2.24) is 0 Å². The first-order chi connectivity index (χ1) is 6.99. The van der Waals surface area contributed by atoms with Crippen molar-refractivity contribution in [3.8, 4) is 0 Å². The highest BCUT2D eigenvalue weighted by atomic mass is 79.9. The Bertz CT molecular complexity index is 364. The Hall–Kier alpha value is -0.770. The number of benzene rings is 1. The fourth-order valence-electron chi connectivity index (χ4n) is 1.45. The molecule has 1 unspecified atom stereocenters. The van der Waals surface area contributed by atoms with Crippen molar-refractivity contribution < 1.29 is 13.6 Å². The van der Waals surface area contributed by atoms with E-state index in [0.717, 1.165) is 0 Å². The molecule has 0 spiro atoms. The number of carbonyl (C=O) groups is 1. The van der Waals surface area contributed by atoms with E-state index in [-0.39, 0.29) is 16.5 Å². The monoisotopic (exact) mass is 276 g/mol. The Morgan fingerprint density at radius 1 is 1.47 bits per heavy atom. The Morgan fingerprint density at radius 3 is 2.60 bits per heavy atom. The highest BCUT2D eigenvalue weighted by molar-refractivity contribution is 9.10. The standard InChI is InChI=1S/C11H11BrF2O/c1-6(3-4-15)9-10(13)7(2)5-8(12)11(9)14/h4-6H,3H2,1-2H3. The Labute approximate surface area is 95.6 Å². The summed E-state index contributed by atoms with van der Waals surface area (Å²) < 4.78 is 27.5. The van der Waals surface area contributed by atoms with E-state index >= 15 is 0 Å². The lowest BCUT2D eigenvalue weighted by Gasteiger charge is -2.13. The summed E-state index contributed by atoms with van der Waals surface area (Å²) >= 11 is 3.02. The molecule has 0 aromatic heterocycles. The van der Waals surface area contributed by atoms with E-state index in [1.807, 2.05) is 0 Å². The summed E-state index contributed by atoms with van der Waals surface area (Å²) in [4.78, 5) is 10.3. The van der Waals surface area contributed by atoms with Crippen LogP contribution in [0.4, 0.5) is 8.78 Å². The van der Waals surface area contributed by atoms with Crippen LogP contribution in [0.5, 0.6) is 0 Å². The van der Waals surface area contributed by atoms with E-state index in [0.29, 0.717) is 11.8 Å². The van der Waals surface area contributed by atoms with E-state index in [2.05, 4.69) is 15.9 Å². The predicted molar refractivity (Wildman–Crippen MR) is 57.9 cm³/mol. The first-order valence-corrected chi connectivity index (χ1v) is 5.36. The van der Waals surface area contributed by atoms with Crippen LogP contribution in [0.3, 0.4) is 0 Å². The number of hydrogen-bond donors (Lipinski definition) is 0. The van der Waals surface area contributed by atoms with Gasteiger partial charge in [0.05, 0.1) is 4.47 Å². The molecule has 0 aliphatic rings. The molecule has 0 aliphatic heterocycles. The third kappa shape index (κ3) is 2.43. The zero-order chi connectivity index (χ0) is 11.6. The van der Waals surface area contributed by atoms with Crippen molar-refractivity contribution in [2.45, 2.75) is 26.2 Å². The Kier molecular flexibility index (Phi) is 3.97. The Morgan fingerprint density at radius 2 is 2.07 bits per heavy atom. The van der Waals surface area contributed by atoms with Crippen molar-refractivity contribution in [2.75, 3.05) is 0 Å². The number of halogens is 3. The molecule has 0 aliphatic carbocycles. The van der Waals surface area contributed by atoms with Crippen LogP contribution >= 0.6 is 15.9 Å². The van der Waals surface area contributed by atoms with Crippen molar-refractivity contribution >= 4 is 22.2 Å². The topological polar surface area (TPSA) is 17.1 Å². The number of carbonyl (C=O) groups excluding carboxylic acids is 1. The van der Waals surface area contributed by atoms with E-state index < -0.39 is 17.6 Å². The lowest BCUT2D eigenvalue weighted by molar-refractivity contribution is -0.108. The van der Waals surface area contributed by atoms with E-state index in [1.54, 1.807) is 13.8 Å². The molecule has 0 bridgehead atoms. The van der Waals surface area contributed by atoms with Crippen molar-refractivity contribution in [1.29, 1.82) is 0 Å². The minimum Gasteiger partial charge on any atom is -0.303 e. The molecular formula is C11H11BrF2O. The maximum absolute atomic E-state index is 13.6. The molecule has 0 amide bonds. The van der Waals surface area contributed by atoms with Crippen LogP contribution in [-0.4, -0.2) is 6.29 Å². The van der Waals surface area contributed by atoms with Crippen LogP contribution in [0.15, 0.2) is 10.5 Å². The molecular weight excluding hydrogens is 266 g/mol. The average Bonchev–Trinajstić information content (AvgIpc) is 2.16. The summed E-state index contributed by atoms with van der Waals surface area (Å²) in [6, 6.07) is 1.39. The molecule has 82 valence electrons. The van der Waals surface area contributed by atoms with Crippen molar-refractivity contribution in [2.24, 2.45) is 0 Å². The van der Waals surface area contributed by atoms with E-state index in [4.69, 9.17) is 0 Å². The second-order valence-corrected chi connectivity index (χ2v) is 4.37. The minimum atomic E-state index is -0.618. The summed E-state index contributed by atoms with van der Waals surface area (Å²) in [7, 11) is 0. The van der Waals surface area contributed by atoms with E-state index in [9.17, 15) is 13.6 Å². The molecule has 0 saturated carbocycles. The SMILES string of the molecule is Cc1cc(Br)c(F)c(C(C)CC=O)c1F. The number of hydrogen-bond acceptors (Lipinski definition) is 1. The number of rotatable bonds is 3. The molecule has 15 heavy (non-hydrogen) atoms. The van der Waals surface area contributed by atoms with Gasteiger partial charge in [-0.25, -0.2) is 8.78 Å². The van der Waals surface area contributed by atoms with Gasteiger partial charge in [0.1, 0.15) is 17.9 Å². The van der Waals surface area contributed by atoms with Crippen LogP contribution in [0.25, 0.3) is 0 Å². The lowest BCUT2D eigenvalue weighted by Crippen LogP contribution is -2.04. The van der Waals surface area contributed by atoms with Gasteiger partial charge in [-0.2, -0.15) is 0 Å². The quantitative estimate of drug-likeness (QED) is 0.607. The molecule has 1 nitrogen and oxygen atoms in total. The smallest absolute Gasteiger partial charge is 0.143 e. The summed E-state index contributed by atoms with van der Waals surface area (Å²) in [6.45, 7) is 3.19. The Balaban J connectivity index is 3.31. The van der Waals surface area contributed by atoms with Crippen molar-refractivity contribution in [3.63, 3.8) is 0 Å². The highest BCUT2D eigenvalue weighted by Crippen LogP contribution is 2.31. The van der Waals surface area contributed by atoms with Gasteiger partial charge in [-0.1, -0.05) is 6.92 Å². The van der Waals surface area contributed by atoms with Crippen LogP contribution in [0.2, 0.25) is 0 Å². The summed E-state index contributed by atoms with van der Waals surface area (Å²) in [6.07, 6.45) is 0.781. The van der Waals surface area contributed by atoms with Gasteiger partial charge in [0.2, 0.25) is 0 Å². The van der Waals surface area contributed by atoms with Gasteiger partial charge in [0.15, 0.2) is 0 Å². The molecule has 4 heteroatoms. The van der Waals surface area contributed by atoms with Gasteiger partial charge in [0.25, 0.3) is 0 Å².